The topological polar surface area (TPSA) is 9.23 Å². The Morgan fingerprint density at radius 2 is 0.463 bits per heavy atom. The van der Waals surface area contributed by atoms with Crippen molar-refractivity contribution in [2.75, 3.05) is 0 Å². The summed E-state index contributed by atoms with van der Waals surface area (Å²) >= 11 is 0. The molecule has 11 aliphatic carbocycles. The van der Waals surface area contributed by atoms with E-state index in [-0.39, 0.29) is 0 Å². The predicted octanol–water partition coefficient (Wildman–Crippen LogP) is 30.3. The van der Waals surface area contributed by atoms with Gasteiger partial charge < -0.3 is 4.74 Å². The minimum atomic E-state index is 0.530. The average molecular weight is 1330 g/mol. The molecule has 1 nitrogen and oxygen atoms in total. The highest BCUT2D eigenvalue weighted by molar-refractivity contribution is 5.18. The fourth-order valence-corrected chi connectivity index (χ4v) is 21.2. The summed E-state index contributed by atoms with van der Waals surface area (Å²) in [5.41, 5.74) is 1.62. The second-order valence-corrected chi connectivity index (χ2v) is 42.3. The first-order valence-corrected chi connectivity index (χ1v) is 43.9. The zero-order valence-corrected chi connectivity index (χ0v) is 71.4. The Labute approximate surface area is 602 Å². The standard InChI is InChI=1S/2C14H26.2C12H24.C11H20.C11H22.C10H20O.C10H20/c1-9(2)11-5-13(6-11)14-7-12(8-14)10(3)4;1-9(2)12-7-11-5-6-13(10(3)4)14(11)8-12;1-9(2)11-5-7-12(8-6-11)10(3)4;1-9(2)11-6-5-7-12(8-11)10(3)4;1-8(2)10-5-11(6-10,7-10)9(3)4;1-8(2)10-5-6-11(7-10)9(3)4;1-7(2)9-5-6-10(11-9)8(3)4;1-7(2)9-5-10(6-9)8(3)4/h2*9-14H,5-8H2,1-4H3;2*9-12H,5-8H2,1-4H3;8-9H,5-7H2,1-4H3;8-11H,5-7H2,1-4H3;7-10H,5-6H2,1-4H3;7-10H,5-6H2,1-4H3. The van der Waals surface area contributed by atoms with E-state index < -0.39 is 0 Å². The van der Waals surface area contributed by atoms with E-state index in [0.717, 1.165) is 188 Å². The molecule has 1 heteroatoms. The quantitative estimate of drug-likeness (QED) is 0.141. The Balaban J connectivity index is 0.000000232. The SMILES string of the molecule is CC(C)C12CC(C(C)C)(C1)C2.CC(C)C1CC(C(C)C)C1.CC(C)C1CC(C2CC(C(C)C)C2)C1.CC(C)C1CC2CCC(C(C)C)C2C1.CC(C)C1CCC(C(C)C)C1.CC(C)C1CCC(C(C)C)CC1.CC(C)C1CCC(C(C)C)O1.CC(C)C1CCCC(C(C)C)C1. The van der Waals surface area contributed by atoms with Crippen LogP contribution in [0.25, 0.3) is 0 Å². The van der Waals surface area contributed by atoms with Gasteiger partial charge in [0.25, 0.3) is 0 Å². The van der Waals surface area contributed by atoms with E-state index in [2.05, 4.69) is 222 Å². The third-order valence-electron chi connectivity index (χ3n) is 31.0. The number of hydrogen-bond donors (Lipinski definition) is 0. The van der Waals surface area contributed by atoms with E-state index in [1.54, 1.807) is 38.5 Å². The summed E-state index contributed by atoms with van der Waals surface area (Å²) in [6.07, 6.45) is 39.9. The molecule has 0 aromatic heterocycles. The molecule has 12 rings (SSSR count). The molecule has 0 aromatic carbocycles. The van der Waals surface area contributed by atoms with Crippen molar-refractivity contribution in [3.05, 3.63) is 0 Å². The van der Waals surface area contributed by atoms with Crippen LogP contribution in [0.15, 0.2) is 0 Å². The summed E-state index contributed by atoms with van der Waals surface area (Å²) in [4.78, 5) is 0. The van der Waals surface area contributed by atoms with Gasteiger partial charge in [-0.05, 0) is 348 Å². The van der Waals surface area contributed by atoms with Crippen molar-refractivity contribution in [3.8, 4) is 0 Å². The molecule has 0 spiro atoms. The molecule has 95 heavy (non-hydrogen) atoms. The van der Waals surface area contributed by atoms with Crippen LogP contribution in [-0.2, 0) is 4.74 Å². The molecule has 12 fully saturated rings. The van der Waals surface area contributed by atoms with Crippen LogP contribution >= 0.6 is 0 Å². The van der Waals surface area contributed by atoms with Crippen LogP contribution in [0.5, 0.6) is 0 Å². The van der Waals surface area contributed by atoms with Crippen LogP contribution in [0, 0.1) is 200 Å². The number of fused-ring (bicyclic) bond motifs is 1. The van der Waals surface area contributed by atoms with Crippen molar-refractivity contribution in [2.45, 2.75) is 401 Å². The highest BCUT2D eigenvalue weighted by atomic mass is 16.5. The predicted molar refractivity (Wildman–Crippen MR) is 427 cm³/mol. The maximum atomic E-state index is 5.88. The van der Waals surface area contributed by atoms with E-state index >= 15 is 0 Å². The molecule has 1 heterocycles. The second kappa shape index (κ2) is 40.9. The van der Waals surface area contributed by atoms with Crippen LogP contribution in [0.4, 0.5) is 0 Å². The molecule has 1 saturated heterocycles. The van der Waals surface area contributed by atoms with Crippen molar-refractivity contribution in [3.63, 3.8) is 0 Å². The molecule has 0 N–H and O–H groups in total. The van der Waals surface area contributed by atoms with Gasteiger partial charge in [-0.15, -0.1) is 0 Å². The van der Waals surface area contributed by atoms with Gasteiger partial charge in [-0.3, -0.25) is 0 Å². The van der Waals surface area contributed by atoms with Gasteiger partial charge in [-0.25, -0.2) is 0 Å². The van der Waals surface area contributed by atoms with Crippen molar-refractivity contribution in [1.82, 2.24) is 0 Å². The first kappa shape index (κ1) is 87.4. The summed E-state index contributed by atoms with van der Waals surface area (Å²) in [6.45, 7) is 75.7. The van der Waals surface area contributed by atoms with E-state index in [9.17, 15) is 0 Å². The molecule has 564 valence electrons. The fourth-order valence-electron chi connectivity index (χ4n) is 21.2. The zero-order chi connectivity index (χ0) is 71.7. The Hall–Kier alpha value is -0.0400. The molecule has 2 bridgehead atoms. The maximum Gasteiger partial charge on any atom is 0.0602 e. The van der Waals surface area contributed by atoms with Gasteiger partial charge in [0.2, 0.25) is 0 Å². The highest BCUT2D eigenvalue weighted by Crippen LogP contribution is 2.78. The minimum Gasteiger partial charge on any atom is -0.374 e. The van der Waals surface area contributed by atoms with E-state index in [1.807, 2.05) is 0 Å². The summed E-state index contributed by atoms with van der Waals surface area (Å²) in [6, 6.07) is 0. The van der Waals surface area contributed by atoms with Crippen LogP contribution in [-0.4, -0.2) is 12.2 Å². The minimum absolute atomic E-state index is 0.530. The van der Waals surface area contributed by atoms with E-state index in [4.69, 9.17) is 4.74 Å². The largest absolute Gasteiger partial charge is 0.374 e. The van der Waals surface area contributed by atoms with Crippen molar-refractivity contribution < 1.29 is 4.74 Å². The van der Waals surface area contributed by atoms with E-state index in [0.29, 0.717) is 24.0 Å². The van der Waals surface area contributed by atoms with E-state index in [1.165, 1.54) is 128 Å². The van der Waals surface area contributed by atoms with Gasteiger partial charge in [0.1, 0.15) is 0 Å². The van der Waals surface area contributed by atoms with Gasteiger partial charge in [0.05, 0.1) is 12.2 Å². The number of ether oxygens (including phenoxy) is 1. The number of hydrogen-bond acceptors (Lipinski definition) is 1. The lowest BCUT2D eigenvalue weighted by Gasteiger charge is -2.75. The van der Waals surface area contributed by atoms with Gasteiger partial charge in [0.15, 0.2) is 0 Å². The summed E-state index contributed by atoms with van der Waals surface area (Å²) in [5, 5.41) is 0. The molecule has 0 radical (unpaired) electrons. The Kier molecular flexibility index (Phi) is 37.6. The first-order chi connectivity index (χ1) is 44.2. The van der Waals surface area contributed by atoms with Crippen LogP contribution in [0.1, 0.15) is 389 Å². The lowest BCUT2D eigenvalue weighted by atomic mass is 9.30. The fraction of sp³-hybridized carbons (Fsp3) is 1.00. The van der Waals surface area contributed by atoms with Crippen LogP contribution < -0.4 is 0 Å². The van der Waals surface area contributed by atoms with Gasteiger partial charge in [-0.2, -0.15) is 0 Å². The third kappa shape index (κ3) is 26.6. The molecular weight excluding hydrogens is 1150 g/mol. The Bertz CT molecular complexity index is 1800. The van der Waals surface area contributed by atoms with Crippen molar-refractivity contribution in [2.24, 2.45) is 200 Å². The molecule has 11 saturated carbocycles. The summed E-state index contributed by atoms with van der Waals surface area (Å²) in [7, 11) is 0. The normalized spacial score (nSPS) is 36.9. The molecule has 10 unspecified atom stereocenters. The lowest BCUT2D eigenvalue weighted by molar-refractivity contribution is -0.252. The number of rotatable bonds is 17. The van der Waals surface area contributed by atoms with Crippen molar-refractivity contribution >= 4 is 0 Å². The molecule has 0 amide bonds. The smallest absolute Gasteiger partial charge is 0.0602 e. The van der Waals surface area contributed by atoms with Gasteiger partial charge in [-0.1, -0.05) is 241 Å². The van der Waals surface area contributed by atoms with Gasteiger partial charge in [0, 0.05) is 0 Å². The molecular formula is C94H182O. The molecule has 0 aromatic rings. The highest BCUT2D eigenvalue weighted by Gasteiger charge is 2.69. The van der Waals surface area contributed by atoms with Gasteiger partial charge >= 0.3 is 0 Å². The monoisotopic (exact) mass is 1330 g/mol. The molecule has 10 atom stereocenters. The van der Waals surface area contributed by atoms with Crippen LogP contribution in [0.3, 0.4) is 0 Å². The maximum absolute atomic E-state index is 5.88. The van der Waals surface area contributed by atoms with Crippen molar-refractivity contribution in [1.29, 1.82) is 0 Å². The molecule has 1 aliphatic heterocycles. The Morgan fingerprint density at radius 1 is 0.211 bits per heavy atom. The van der Waals surface area contributed by atoms with Crippen LogP contribution in [0.2, 0.25) is 0 Å². The average Bonchev–Trinajstić information content (AvgIpc) is 1.37. The first-order valence-electron chi connectivity index (χ1n) is 43.9. The summed E-state index contributed by atoms with van der Waals surface area (Å²) < 4.78 is 5.88. The second-order valence-electron chi connectivity index (χ2n) is 42.3. The Morgan fingerprint density at radius 3 is 0.716 bits per heavy atom. The third-order valence-corrected chi connectivity index (χ3v) is 31.0. The zero-order valence-electron chi connectivity index (χ0n) is 71.4. The lowest BCUT2D eigenvalue weighted by Crippen LogP contribution is -2.66. The molecule has 12 aliphatic rings. The summed E-state index contributed by atoms with van der Waals surface area (Å²) in [5.74, 6) is 31.3.